The van der Waals surface area contributed by atoms with Crippen LogP contribution in [0.5, 0.6) is 0 Å². The highest BCUT2D eigenvalue weighted by Gasteiger charge is 2.30. The molecule has 2 heteroatoms. The lowest BCUT2D eigenvalue weighted by Gasteiger charge is -2.27. The average Bonchev–Trinajstić information content (AvgIpc) is 2.33. The average molecular weight is 281 g/mol. The van der Waals surface area contributed by atoms with Gasteiger partial charge in [-0.1, -0.05) is 41.9 Å². The first-order valence-electron chi connectivity index (χ1n) is 5.98. The van der Waals surface area contributed by atoms with Gasteiger partial charge < -0.3 is 0 Å². The van der Waals surface area contributed by atoms with Crippen molar-refractivity contribution in [2.45, 2.75) is 43.9 Å². The summed E-state index contributed by atoms with van der Waals surface area (Å²) in [4.78, 5) is 12.1. The molecule has 0 radical (unpaired) electrons. The van der Waals surface area contributed by atoms with E-state index in [1.54, 1.807) is 0 Å². The molecule has 0 aliphatic heterocycles. The van der Waals surface area contributed by atoms with E-state index in [1.165, 1.54) is 11.1 Å². The Hall–Kier alpha value is -0.630. The highest BCUT2D eigenvalue weighted by Crippen LogP contribution is 2.37. The van der Waals surface area contributed by atoms with E-state index in [1.807, 2.05) is 0 Å². The van der Waals surface area contributed by atoms with Crippen molar-refractivity contribution < 1.29 is 4.79 Å². The molecular weight excluding hydrogens is 264 g/mol. The van der Waals surface area contributed by atoms with Crippen molar-refractivity contribution in [2.24, 2.45) is 0 Å². The van der Waals surface area contributed by atoms with Crippen molar-refractivity contribution >= 4 is 21.7 Å². The Labute approximate surface area is 105 Å². The summed E-state index contributed by atoms with van der Waals surface area (Å²) in [6.07, 6.45) is 3.03. The Kier molecular flexibility index (Phi) is 3.48. The molecule has 2 rings (SSSR count). The first-order valence-corrected chi connectivity index (χ1v) is 6.90. The van der Waals surface area contributed by atoms with Gasteiger partial charge in [0.1, 0.15) is 0 Å². The Morgan fingerprint density at radius 1 is 1.38 bits per heavy atom. The van der Waals surface area contributed by atoms with Crippen molar-refractivity contribution in [1.29, 1.82) is 0 Å². The number of benzene rings is 1. The lowest BCUT2D eigenvalue weighted by Crippen LogP contribution is -2.25. The molecule has 1 nitrogen and oxygen atoms in total. The van der Waals surface area contributed by atoms with Gasteiger partial charge >= 0.3 is 0 Å². The quantitative estimate of drug-likeness (QED) is 0.746. The van der Waals surface area contributed by atoms with Gasteiger partial charge in [0.2, 0.25) is 0 Å². The zero-order chi connectivity index (χ0) is 11.7. The highest BCUT2D eigenvalue weighted by atomic mass is 79.9. The monoisotopic (exact) mass is 280 g/mol. The Bertz CT molecular complexity index is 411. The number of carbonyl (C=O) groups excluding carboxylic acids is 1. The number of hydrogen-bond acceptors (Lipinski definition) is 1. The normalized spacial score (nSPS) is 24.3. The summed E-state index contributed by atoms with van der Waals surface area (Å²) < 4.78 is 0. The number of Topliss-reactive ketones (excluding diaryl/α,β-unsaturated/α-hetero) is 1. The van der Waals surface area contributed by atoms with Crippen molar-refractivity contribution in [1.82, 2.24) is 0 Å². The van der Waals surface area contributed by atoms with E-state index in [0.717, 1.165) is 24.8 Å². The molecule has 0 heterocycles. The van der Waals surface area contributed by atoms with Crippen LogP contribution >= 0.6 is 15.9 Å². The van der Waals surface area contributed by atoms with E-state index >= 15 is 0 Å². The van der Waals surface area contributed by atoms with Crippen LogP contribution in [0.25, 0.3) is 0 Å². The molecule has 0 spiro atoms. The molecule has 1 aliphatic carbocycles. The van der Waals surface area contributed by atoms with Crippen LogP contribution in [0.3, 0.4) is 0 Å². The van der Waals surface area contributed by atoms with Gasteiger partial charge in [0.05, 0.1) is 4.83 Å². The molecule has 16 heavy (non-hydrogen) atoms. The van der Waals surface area contributed by atoms with Crippen LogP contribution < -0.4 is 0 Å². The third-order valence-corrected chi connectivity index (χ3v) is 4.29. The van der Waals surface area contributed by atoms with Gasteiger partial charge in [0.25, 0.3) is 0 Å². The molecule has 1 aromatic carbocycles. The van der Waals surface area contributed by atoms with E-state index in [-0.39, 0.29) is 10.6 Å². The second kappa shape index (κ2) is 4.70. The molecule has 0 aromatic heterocycles. The van der Waals surface area contributed by atoms with E-state index in [4.69, 9.17) is 0 Å². The first kappa shape index (κ1) is 11.8. The molecule has 0 saturated carbocycles. The molecule has 2 unspecified atom stereocenters. The van der Waals surface area contributed by atoms with Crippen LogP contribution in [0.2, 0.25) is 0 Å². The van der Waals surface area contributed by atoms with Crippen molar-refractivity contribution in [3.8, 4) is 0 Å². The van der Waals surface area contributed by atoms with E-state index in [9.17, 15) is 4.79 Å². The minimum absolute atomic E-state index is 0.0112. The Balaban J connectivity index is 2.50. The van der Waals surface area contributed by atoms with Gasteiger partial charge in [-0.15, -0.1) is 0 Å². The summed E-state index contributed by atoms with van der Waals surface area (Å²) in [6, 6.07) is 6.39. The molecule has 0 bridgehead atoms. The maximum atomic E-state index is 12.1. The number of carbonyl (C=O) groups is 1. The molecule has 0 N–H and O–H groups in total. The topological polar surface area (TPSA) is 17.1 Å². The number of ketones is 1. The lowest BCUT2D eigenvalue weighted by molar-refractivity contribution is 0.0976. The zero-order valence-corrected chi connectivity index (χ0v) is 11.4. The number of fused-ring (bicyclic) bond motifs is 1. The predicted molar refractivity (Wildman–Crippen MR) is 70.5 cm³/mol. The third kappa shape index (κ3) is 1.95. The summed E-state index contributed by atoms with van der Waals surface area (Å²) in [6.45, 7) is 4.32. The number of aryl methyl sites for hydroxylation is 1. The fourth-order valence-electron chi connectivity index (χ4n) is 2.43. The third-order valence-electron chi connectivity index (χ3n) is 3.50. The van der Waals surface area contributed by atoms with Gasteiger partial charge in [-0.3, -0.25) is 4.79 Å². The van der Waals surface area contributed by atoms with Crippen LogP contribution in [-0.4, -0.2) is 10.6 Å². The fraction of sp³-hybridized carbons (Fsp3) is 0.500. The number of hydrogen-bond donors (Lipinski definition) is 0. The minimum Gasteiger partial charge on any atom is -0.293 e. The second-order valence-corrected chi connectivity index (χ2v) is 5.55. The van der Waals surface area contributed by atoms with Crippen molar-refractivity contribution in [3.63, 3.8) is 0 Å². The molecular formula is C14H17BrO. The van der Waals surface area contributed by atoms with Gasteiger partial charge in [0, 0.05) is 5.56 Å². The second-order valence-electron chi connectivity index (χ2n) is 4.45. The number of rotatable bonds is 2. The van der Waals surface area contributed by atoms with Crippen LogP contribution in [0, 0.1) is 0 Å². The molecule has 0 amide bonds. The van der Waals surface area contributed by atoms with E-state index < -0.39 is 0 Å². The van der Waals surface area contributed by atoms with Crippen molar-refractivity contribution in [3.05, 3.63) is 34.9 Å². The van der Waals surface area contributed by atoms with Gasteiger partial charge in [0.15, 0.2) is 5.78 Å². The van der Waals surface area contributed by atoms with Gasteiger partial charge in [-0.25, -0.2) is 0 Å². The number of alkyl halides is 1. The summed E-state index contributed by atoms with van der Waals surface area (Å²) in [5, 5.41) is 0. The van der Waals surface area contributed by atoms with E-state index in [0.29, 0.717) is 5.92 Å². The largest absolute Gasteiger partial charge is 0.293 e. The zero-order valence-electron chi connectivity index (χ0n) is 9.79. The molecule has 0 fully saturated rings. The summed E-state index contributed by atoms with van der Waals surface area (Å²) >= 11 is 3.50. The first-order chi connectivity index (χ1) is 7.67. The molecule has 86 valence electrons. The maximum absolute atomic E-state index is 12.1. The summed E-state index contributed by atoms with van der Waals surface area (Å²) in [7, 11) is 0. The summed E-state index contributed by atoms with van der Waals surface area (Å²) in [5.74, 6) is 0.790. The SMILES string of the molecule is CCc1ccc2c(c1)C(=O)C(Br)CC2CC. The lowest BCUT2D eigenvalue weighted by atomic mass is 9.80. The molecule has 1 aromatic rings. The Morgan fingerprint density at radius 2 is 2.12 bits per heavy atom. The van der Waals surface area contributed by atoms with Crippen molar-refractivity contribution in [2.75, 3.05) is 0 Å². The van der Waals surface area contributed by atoms with Gasteiger partial charge in [-0.2, -0.15) is 0 Å². The smallest absolute Gasteiger partial charge is 0.176 e. The number of halogens is 1. The van der Waals surface area contributed by atoms with Crippen LogP contribution in [0.15, 0.2) is 18.2 Å². The molecule has 0 saturated heterocycles. The summed E-state index contributed by atoms with van der Waals surface area (Å²) in [5.41, 5.74) is 3.45. The Morgan fingerprint density at radius 3 is 2.75 bits per heavy atom. The van der Waals surface area contributed by atoms with Crippen LogP contribution in [0.1, 0.15) is 54.1 Å². The standard InChI is InChI=1S/C14H17BrO/c1-3-9-5-6-11-10(4-2)8-13(15)14(16)12(11)7-9/h5-7,10,13H,3-4,8H2,1-2H3. The molecule has 2 atom stereocenters. The van der Waals surface area contributed by atoms with E-state index in [2.05, 4.69) is 48.0 Å². The van der Waals surface area contributed by atoms with Crippen LogP contribution in [0.4, 0.5) is 0 Å². The minimum atomic E-state index is 0.0112. The fourth-order valence-corrected chi connectivity index (χ4v) is 3.13. The molecule has 1 aliphatic rings. The highest BCUT2D eigenvalue weighted by molar-refractivity contribution is 9.10. The predicted octanol–water partition coefficient (Wildman–Crippen LogP) is 4.09. The van der Waals surface area contributed by atoms with Gasteiger partial charge in [-0.05, 0) is 42.4 Å². The van der Waals surface area contributed by atoms with Crippen LogP contribution in [-0.2, 0) is 6.42 Å². The maximum Gasteiger partial charge on any atom is 0.176 e.